The van der Waals surface area contributed by atoms with E-state index < -0.39 is 18.2 Å². The molecule has 0 heterocycles. The van der Waals surface area contributed by atoms with Crippen LogP contribution < -0.4 is 20.6 Å². The molecule has 0 bridgehead atoms. The topological polar surface area (TPSA) is 103 Å². The van der Waals surface area contributed by atoms with Gasteiger partial charge in [-0.2, -0.15) is 13.2 Å². The normalized spacial score (nSPS) is 18.1. The minimum Gasteiger partial charge on any atom is -0.542 e. The number of hydrogen-bond acceptors (Lipinski definition) is 4. The summed E-state index contributed by atoms with van der Waals surface area (Å²) in [6.07, 6.45) is -3.25. The maximum Gasteiger partial charge on any atom is 0.430 e. The predicted molar refractivity (Wildman–Crippen MR) is 158 cm³/mol. The molecule has 0 saturated heterocycles. The monoisotopic (exact) mass is 697 g/mol. The van der Waals surface area contributed by atoms with Gasteiger partial charge < -0.3 is 25.4 Å². The van der Waals surface area contributed by atoms with Gasteiger partial charge >= 0.3 is 6.18 Å². The fourth-order valence-electron chi connectivity index (χ4n) is 5.21. The van der Waals surface area contributed by atoms with Crippen LogP contribution in [0, 0.1) is 17.6 Å². The highest BCUT2D eigenvalue weighted by molar-refractivity contribution is 9.10. The third kappa shape index (κ3) is 10.9. The van der Waals surface area contributed by atoms with E-state index >= 15 is 0 Å². The van der Waals surface area contributed by atoms with Crippen molar-refractivity contribution in [2.45, 2.75) is 43.4 Å². The van der Waals surface area contributed by atoms with Crippen LogP contribution in [0.5, 0.6) is 0 Å². The molecule has 45 heavy (non-hydrogen) atoms. The van der Waals surface area contributed by atoms with Crippen molar-refractivity contribution >= 4 is 33.7 Å². The standard InChI is InChI=1S/C30H32BrF2N3O2.C2HF3O2/c1-36(2)18-28(37)34-25-15-16-26(27(17-25)19-3-9-22(31)10-4-19)30(38)35-29(20-5-11-23(32)12-6-20)21-7-13-24(33)14-8-21;3-2(4,5)1(6)7/h3-14,25-27,29H,15-18H2,1-2H3,(H,34,37)(H,35,38);(H,6,7)/t25-,26-,27+;/m1./s1. The number of quaternary nitrogens is 1. The van der Waals surface area contributed by atoms with Crippen molar-refractivity contribution in [3.05, 3.63) is 106 Å². The lowest BCUT2D eigenvalue weighted by atomic mass is 9.73. The van der Waals surface area contributed by atoms with E-state index in [1.54, 1.807) is 24.3 Å². The molecule has 13 heteroatoms. The summed E-state index contributed by atoms with van der Waals surface area (Å²) in [6.45, 7) is 0.389. The smallest absolute Gasteiger partial charge is 0.430 e. The van der Waals surface area contributed by atoms with Crippen molar-refractivity contribution in [1.82, 2.24) is 10.6 Å². The Balaban J connectivity index is 0.000000707. The number of hydrogen-bond donors (Lipinski definition) is 3. The molecule has 1 aliphatic rings. The minimum atomic E-state index is -5.19. The number of aliphatic carboxylic acids is 1. The minimum absolute atomic E-state index is 0.000131. The van der Waals surface area contributed by atoms with Gasteiger partial charge in [0.25, 0.3) is 5.91 Å². The molecular weight excluding hydrogens is 665 g/mol. The zero-order chi connectivity index (χ0) is 33.3. The van der Waals surface area contributed by atoms with E-state index in [-0.39, 0.29) is 41.3 Å². The van der Waals surface area contributed by atoms with E-state index in [2.05, 4.69) is 26.6 Å². The van der Waals surface area contributed by atoms with E-state index in [0.717, 1.165) is 14.9 Å². The van der Waals surface area contributed by atoms with Crippen LogP contribution in [0.1, 0.15) is 47.9 Å². The molecule has 4 rings (SSSR count). The number of carboxylic acid groups (broad SMARTS) is 1. The summed E-state index contributed by atoms with van der Waals surface area (Å²) in [5, 5.41) is 15.1. The van der Waals surface area contributed by atoms with Crippen LogP contribution in [0.2, 0.25) is 0 Å². The second kappa shape index (κ2) is 15.9. The maximum atomic E-state index is 13.9. The predicted octanol–water partition coefficient (Wildman–Crippen LogP) is 3.44. The van der Waals surface area contributed by atoms with E-state index in [9.17, 15) is 31.5 Å². The van der Waals surface area contributed by atoms with Crippen molar-refractivity contribution in [2.24, 2.45) is 5.92 Å². The SMILES string of the molecule is C[NH+](C)CC(=O)N[C@@H]1CC[C@@H](C(=O)NC(c2ccc(F)cc2)c2ccc(F)cc2)[C@H](c2ccc(Br)cc2)C1.O=C([O-])C(F)(F)F. The van der Waals surface area contributed by atoms with Gasteiger partial charge in [-0.25, -0.2) is 8.78 Å². The van der Waals surface area contributed by atoms with Gasteiger partial charge in [0.15, 0.2) is 6.54 Å². The lowest BCUT2D eigenvalue weighted by Gasteiger charge is -2.37. The molecule has 1 saturated carbocycles. The zero-order valence-corrected chi connectivity index (χ0v) is 26.1. The number of likely N-dealkylation sites (N-methyl/N-ethyl adjacent to an activating group) is 1. The fourth-order valence-corrected chi connectivity index (χ4v) is 5.48. The summed E-state index contributed by atoms with van der Waals surface area (Å²) in [4.78, 5) is 36.1. The molecule has 2 amide bonds. The highest BCUT2D eigenvalue weighted by Crippen LogP contribution is 2.39. The van der Waals surface area contributed by atoms with Gasteiger partial charge in [0.2, 0.25) is 5.91 Å². The number of nitrogens with one attached hydrogen (secondary N) is 3. The molecule has 0 aliphatic heterocycles. The zero-order valence-electron chi connectivity index (χ0n) is 24.5. The van der Waals surface area contributed by atoms with Crippen LogP contribution in [-0.4, -0.2) is 50.6 Å². The summed E-state index contributed by atoms with van der Waals surface area (Å²) >= 11 is 3.48. The molecule has 3 N–H and O–H groups in total. The second-order valence-electron chi connectivity index (χ2n) is 11.1. The first-order valence-electron chi connectivity index (χ1n) is 14.1. The number of amides is 2. The van der Waals surface area contributed by atoms with Crippen molar-refractivity contribution in [3.63, 3.8) is 0 Å². The summed E-state index contributed by atoms with van der Waals surface area (Å²) in [5.41, 5.74) is 2.45. The Kier molecular flexibility index (Phi) is 12.6. The van der Waals surface area contributed by atoms with Crippen LogP contribution in [-0.2, 0) is 14.4 Å². The lowest BCUT2D eigenvalue weighted by Crippen LogP contribution is -3.07. The number of carbonyl (C=O) groups excluding carboxylic acids is 3. The number of benzene rings is 3. The van der Waals surface area contributed by atoms with Gasteiger partial charge in [-0.15, -0.1) is 0 Å². The number of halogens is 6. The van der Waals surface area contributed by atoms with Crippen LogP contribution in [0.4, 0.5) is 22.0 Å². The van der Waals surface area contributed by atoms with E-state index in [0.29, 0.717) is 36.9 Å². The summed E-state index contributed by atoms with van der Waals surface area (Å²) in [5.74, 6) is -4.30. The number of carbonyl (C=O) groups is 3. The first-order chi connectivity index (χ1) is 21.1. The molecule has 3 aromatic rings. The molecule has 7 nitrogen and oxygen atoms in total. The fraction of sp³-hybridized carbons (Fsp3) is 0.344. The molecule has 1 fully saturated rings. The van der Waals surface area contributed by atoms with Crippen molar-refractivity contribution in [2.75, 3.05) is 20.6 Å². The van der Waals surface area contributed by atoms with Crippen molar-refractivity contribution < 1.29 is 46.3 Å². The molecular formula is C32H33BrF5N3O4. The van der Waals surface area contributed by atoms with E-state index in [1.165, 1.54) is 24.3 Å². The van der Waals surface area contributed by atoms with Crippen molar-refractivity contribution in [3.8, 4) is 0 Å². The number of alkyl halides is 3. The first-order valence-corrected chi connectivity index (χ1v) is 14.9. The summed E-state index contributed by atoms with van der Waals surface area (Å²) < 4.78 is 59.8. The van der Waals surface area contributed by atoms with E-state index in [4.69, 9.17) is 9.90 Å². The van der Waals surface area contributed by atoms with Crippen LogP contribution in [0.15, 0.2) is 77.3 Å². The lowest BCUT2D eigenvalue weighted by molar-refractivity contribution is -0.849. The van der Waals surface area contributed by atoms with Crippen molar-refractivity contribution in [1.29, 1.82) is 0 Å². The van der Waals surface area contributed by atoms with Gasteiger partial charge in [-0.3, -0.25) is 9.59 Å². The molecule has 3 aromatic carbocycles. The third-order valence-corrected chi connectivity index (χ3v) is 7.82. The summed E-state index contributed by atoms with van der Waals surface area (Å²) in [7, 11) is 3.87. The molecule has 0 unspecified atom stereocenters. The van der Waals surface area contributed by atoms with E-state index in [1.807, 2.05) is 38.4 Å². The Morgan fingerprint density at radius 3 is 1.82 bits per heavy atom. The highest BCUT2D eigenvalue weighted by atomic mass is 79.9. The van der Waals surface area contributed by atoms with Gasteiger partial charge in [0, 0.05) is 16.4 Å². The average Bonchev–Trinajstić information content (AvgIpc) is 2.96. The Labute approximate surface area is 265 Å². The Bertz CT molecular complexity index is 1390. The van der Waals surface area contributed by atoms with Gasteiger partial charge in [-0.1, -0.05) is 52.3 Å². The van der Waals surface area contributed by atoms with Gasteiger partial charge in [0.1, 0.15) is 17.6 Å². The molecule has 242 valence electrons. The average molecular weight is 699 g/mol. The second-order valence-corrected chi connectivity index (χ2v) is 12.0. The Morgan fingerprint density at radius 2 is 1.38 bits per heavy atom. The molecule has 0 radical (unpaired) electrons. The Morgan fingerprint density at radius 1 is 0.889 bits per heavy atom. The quantitative estimate of drug-likeness (QED) is 0.314. The Hall–Kier alpha value is -3.84. The van der Waals surface area contributed by atoms with Gasteiger partial charge in [-0.05, 0) is 78.3 Å². The highest BCUT2D eigenvalue weighted by Gasteiger charge is 2.37. The van der Waals surface area contributed by atoms with Crippen LogP contribution in [0.3, 0.4) is 0 Å². The molecule has 3 atom stereocenters. The first kappa shape index (κ1) is 35.6. The molecule has 0 spiro atoms. The maximum absolute atomic E-state index is 13.9. The van der Waals surface area contributed by atoms with Crippen LogP contribution in [0.25, 0.3) is 0 Å². The summed E-state index contributed by atoms with van der Waals surface area (Å²) in [6, 6.07) is 19.3. The largest absolute Gasteiger partial charge is 0.542 e. The number of carboxylic acids is 1. The van der Waals surface area contributed by atoms with Crippen LogP contribution >= 0.6 is 15.9 Å². The molecule has 0 aromatic heterocycles. The third-order valence-electron chi connectivity index (χ3n) is 7.29. The number of rotatable bonds is 8. The van der Waals surface area contributed by atoms with Gasteiger partial charge in [0.05, 0.1) is 20.1 Å². The molecule has 1 aliphatic carbocycles.